The van der Waals surface area contributed by atoms with Gasteiger partial charge in [-0.25, -0.2) is 4.39 Å². The van der Waals surface area contributed by atoms with Crippen LogP contribution in [0.25, 0.3) is 0 Å². The maximum Gasteiger partial charge on any atom is 0.125 e. The summed E-state index contributed by atoms with van der Waals surface area (Å²) in [6.07, 6.45) is 2.18. The minimum atomic E-state index is -0.134. The number of benzene rings is 1. The molecule has 2 rings (SSSR count). The zero-order valence-electron chi connectivity index (χ0n) is 13.2. The van der Waals surface area contributed by atoms with Crippen LogP contribution in [0.1, 0.15) is 39.7 Å². The molecule has 0 aromatic heterocycles. The molecule has 0 aliphatic carbocycles. The lowest BCUT2D eigenvalue weighted by atomic mass is 9.84. The predicted molar refractivity (Wildman–Crippen MR) is 83.9 cm³/mol. The second-order valence-electron chi connectivity index (χ2n) is 6.61. The molecule has 1 unspecified atom stereocenters. The van der Waals surface area contributed by atoms with E-state index >= 15 is 0 Å². The van der Waals surface area contributed by atoms with E-state index in [1.807, 2.05) is 6.07 Å². The van der Waals surface area contributed by atoms with Gasteiger partial charge in [0.1, 0.15) is 5.82 Å². The predicted octanol–water partition coefficient (Wildman–Crippen LogP) is 3.60. The minimum absolute atomic E-state index is 0.134. The van der Waals surface area contributed by atoms with E-state index in [9.17, 15) is 4.39 Å². The molecule has 0 amide bonds. The van der Waals surface area contributed by atoms with E-state index in [2.05, 4.69) is 37.9 Å². The third-order valence-corrected chi connectivity index (χ3v) is 4.51. The lowest BCUT2D eigenvalue weighted by Gasteiger charge is -2.37. The number of rotatable bonds is 6. The Hall–Kier alpha value is -1.09. The highest BCUT2D eigenvalue weighted by atomic mass is 19.1. The lowest BCUT2D eigenvalue weighted by Crippen LogP contribution is -2.46. The Kier molecular flexibility index (Phi) is 4.69. The lowest BCUT2D eigenvalue weighted by molar-refractivity contribution is 0.261. The molecular formula is C17H27FN2. The number of nitrogens with one attached hydrogen (secondary N) is 1. The number of nitrogens with zero attached hydrogens (tertiary/aromatic N) is 1. The molecule has 2 nitrogen and oxygen atoms in total. The highest BCUT2D eigenvalue weighted by Crippen LogP contribution is 2.32. The van der Waals surface area contributed by atoms with Gasteiger partial charge in [-0.05, 0) is 49.4 Å². The van der Waals surface area contributed by atoms with Crippen LogP contribution in [0.2, 0.25) is 0 Å². The molecule has 0 bridgehead atoms. The van der Waals surface area contributed by atoms with Crippen molar-refractivity contribution in [3.63, 3.8) is 0 Å². The van der Waals surface area contributed by atoms with Gasteiger partial charge in [-0.2, -0.15) is 0 Å². The largest absolute Gasteiger partial charge is 0.370 e. The van der Waals surface area contributed by atoms with Crippen LogP contribution >= 0.6 is 0 Å². The zero-order valence-corrected chi connectivity index (χ0v) is 13.2. The van der Waals surface area contributed by atoms with Gasteiger partial charge >= 0.3 is 0 Å². The van der Waals surface area contributed by atoms with Gasteiger partial charge in [0.05, 0.1) is 0 Å². The Morgan fingerprint density at radius 2 is 2.15 bits per heavy atom. The fourth-order valence-corrected chi connectivity index (χ4v) is 2.85. The standard InChI is InChI=1S/C17H27FN2/c1-5-9-19-13(2)17(3,4)12-20-10-8-14-6-7-15(18)11-16(14)20/h6-7,11,13,19H,5,8-10,12H2,1-4H3. The molecule has 1 aliphatic heterocycles. The molecule has 112 valence electrons. The van der Waals surface area contributed by atoms with Crippen molar-refractivity contribution in [2.24, 2.45) is 5.41 Å². The first-order valence-electron chi connectivity index (χ1n) is 7.71. The van der Waals surface area contributed by atoms with Crippen molar-refractivity contribution in [2.45, 2.75) is 46.6 Å². The normalized spacial score (nSPS) is 16.4. The molecule has 20 heavy (non-hydrogen) atoms. The highest BCUT2D eigenvalue weighted by Gasteiger charge is 2.30. The summed E-state index contributed by atoms with van der Waals surface area (Å²) in [6.45, 7) is 12.0. The van der Waals surface area contributed by atoms with Crippen molar-refractivity contribution < 1.29 is 4.39 Å². The van der Waals surface area contributed by atoms with Crippen LogP contribution in [0, 0.1) is 11.2 Å². The van der Waals surface area contributed by atoms with Gasteiger partial charge in [-0.1, -0.05) is 26.8 Å². The Morgan fingerprint density at radius 1 is 1.40 bits per heavy atom. The number of fused-ring (bicyclic) bond motifs is 1. The maximum atomic E-state index is 13.5. The summed E-state index contributed by atoms with van der Waals surface area (Å²) in [5, 5.41) is 3.58. The summed E-state index contributed by atoms with van der Waals surface area (Å²) in [4.78, 5) is 2.34. The van der Waals surface area contributed by atoms with Crippen LogP contribution in [0.15, 0.2) is 18.2 Å². The van der Waals surface area contributed by atoms with Crippen LogP contribution in [-0.2, 0) is 6.42 Å². The highest BCUT2D eigenvalue weighted by molar-refractivity contribution is 5.58. The number of hydrogen-bond acceptors (Lipinski definition) is 2. The SMILES string of the molecule is CCCNC(C)C(C)(C)CN1CCc2ccc(F)cc21. The monoisotopic (exact) mass is 278 g/mol. The first kappa shape index (κ1) is 15.3. The van der Waals surface area contributed by atoms with Crippen molar-refractivity contribution in [1.82, 2.24) is 5.32 Å². The van der Waals surface area contributed by atoms with Gasteiger partial charge in [0.25, 0.3) is 0 Å². The number of hydrogen-bond donors (Lipinski definition) is 1. The van der Waals surface area contributed by atoms with E-state index in [-0.39, 0.29) is 11.2 Å². The van der Waals surface area contributed by atoms with E-state index in [0.29, 0.717) is 6.04 Å². The van der Waals surface area contributed by atoms with E-state index in [4.69, 9.17) is 0 Å². The van der Waals surface area contributed by atoms with Gasteiger partial charge in [0, 0.05) is 24.8 Å². The summed E-state index contributed by atoms with van der Waals surface area (Å²) in [5.41, 5.74) is 2.51. The van der Waals surface area contributed by atoms with Crippen molar-refractivity contribution in [2.75, 3.05) is 24.5 Å². The van der Waals surface area contributed by atoms with Crippen LogP contribution in [0.5, 0.6) is 0 Å². The number of halogens is 1. The van der Waals surface area contributed by atoms with Crippen LogP contribution in [0.4, 0.5) is 10.1 Å². The Bertz CT molecular complexity index is 456. The third kappa shape index (κ3) is 3.32. The van der Waals surface area contributed by atoms with E-state index in [0.717, 1.165) is 38.2 Å². The summed E-state index contributed by atoms with van der Waals surface area (Å²) >= 11 is 0. The molecule has 1 aromatic rings. The molecule has 1 heterocycles. The zero-order chi connectivity index (χ0) is 14.8. The Balaban J connectivity index is 2.06. The van der Waals surface area contributed by atoms with E-state index in [1.54, 1.807) is 12.1 Å². The summed E-state index contributed by atoms with van der Waals surface area (Å²) in [7, 11) is 0. The molecule has 1 atom stereocenters. The fraction of sp³-hybridized carbons (Fsp3) is 0.647. The van der Waals surface area contributed by atoms with Gasteiger partial charge in [-0.3, -0.25) is 0 Å². The van der Waals surface area contributed by atoms with Crippen molar-refractivity contribution in [3.8, 4) is 0 Å². The summed E-state index contributed by atoms with van der Waals surface area (Å²) in [5.74, 6) is -0.134. The Morgan fingerprint density at radius 3 is 2.85 bits per heavy atom. The van der Waals surface area contributed by atoms with Crippen LogP contribution < -0.4 is 10.2 Å². The fourth-order valence-electron chi connectivity index (χ4n) is 2.85. The first-order chi connectivity index (χ1) is 9.44. The second kappa shape index (κ2) is 6.13. The second-order valence-corrected chi connectivity index (χ2v) is 6.61. The first-order valence-corrected chi connectivity index (χ1v) is 7.71. The molecule has 1 N–H and O–H groups in total. The molecule has 0 radical (unpaired) electrons. The average Bonchev–Trinajstić information content (AvgIpc) is 2.78. The third-order valence-electron chi connectivity index (χ3n) is 4.51. The van der Waals surface area contributed by atoms with Crippen molar-refractivity contribution in [3.05, 3.63) is 29.6 Å². The van der Waals surface area contributed by atoms with E-state index < -0.39 is 0 Å². The van der Waals surface area contributed by atoms with E-state index in [1.165, 1.54) is 5.56 Å². The quantitative estimate of drug-likeness (QED) is 0.855. The minimum Gasteiger partial charge on any atom is -0.370 e. The van der Waals surface area contributed by atoms with Gasteiger partial charge in [0.2, 0.25) is 0 Å². The summed E-state index contributed by atoms with van der Waals surface area (Å²) < 4.78 is 13.5. The van der Waals surface area contributed by atoms with Gasteiger partial charge < -0.3 is 10.2 Å². The van der Waals surface area contributed by atoms with Gasteiger partial charge in [0.15, 0.2) is 0 Å². The summed E-state index contributed by atoms with van der Waals surface area (Å²) in [6, 6.07) is 5.62. The smallest absolute Gasteiger partial charge is 0.125 e. The molecule has 1 aliphatic rings. The Labute approximate surface area is 122 Å². The molecule has 0 saturated carbocycles. The molecule has 0 spiro atoms. The maximum absolute atomic E-state index is 13.5. The van der Waals surface area contributed by atoms with Crippen LogP contribution in [0.3, 0.4) is 0 Å². The van der Waals surface area contributed by atoms with Crippen molar-refractivity contribution in [1.29, 1.82) is 0 Å². The molecule has 3 heteroatoms. The van der Waals surface area contributed by atoms with Gasteiger partial charge in [-0.15, -0.1) is 0 Å². The van der Waals surface area contributed by atoms with Crippen molar-refractivity contribution >= 4 is 5.69 Å². The molecular weight excluding hydrogens is 251 g/mol. The number of anilines is 1. The topological polar surface area (TPSA) is 15.3 Å². The molecule has 1 aromatic carbocycles. The molecule has 0 saturated heterocycles. The molecule has 0 fully saturated rings. The average molecular weight is 278 g/mol. The van der Waals surface area contributed by atoms with Crippen LogP contribution in [-0.4, -0.2) is 25.7 Å².